The summed E-state index contributed by atoms with van der Waals surface area (Å²) in [6.45, 7) is 0. The van der Waals surface area contributed by atoms with Crippen LogP contribution < -0.4 is 10.1 Å². The average molecular weight is 209 g/mol. The summed E-state index contributed by atoms with van der Waals surface area (Å²) in [7, 11) is 3.21. The van der Waals surface area contributed by atoms with Crippen LogP contribution in [0.25, 0.3) is 0 Å². The van der Waals surface area contributed by atoms with E-state index in [1.807, 2.05) is 24.3 Å². The number of likely N-dealkylation sites (N-methyl/N-ethyl adjacent to an activating group) is 1. The van der Waals surface area contributed by atoms with Gasteiger partial charge in [-0.1, -0.05) is 18.2 Å². The number of benzene rings is 1. The molecule has 0 saturated heterocycles. The molecule has 1 aromatic carbocycles. The Morgan fingerprint density at radius 2 is 2.20 bits per heavy atom. The summed E-state index contributed by atoms with van der Waals surface area (Å²) in [5, 5.41) is 11.6. The maximum absolute atomic E-state index is 10.8. The van der Waals surface area contributed by atoms with Gasteiger partial charge in [0.05, 0.1) is 7.11 Å². The average Bonchev–Trinajstić information content (AvgIpc) is 2.25. The standard InChI is InChI=1S/C11H15NO3/c1-12-9(11(13)14)7-8-5-3-4-6-10(8)15-2/h3-6,9,12H,7H2,1-2H3,(H,13,14)/t9-/m0/s1. The summed E-state index contributed by atoms with van der Waals surface area (Å²) in [6, 6.07) is 6.83. The molecule has 0 heterocycles. The third kappa shape index (κ3) is 2.95. The Morgan fingerprint density at radius 1 is 1.53 bits per heavy atom. The summed E-state index contributed by atoms with van der Waals surface area (Å²) < 4.78 is 5.15. The van der Waals surface area contributed by atoms with Crippen LogP contribution in [0.3, 0.4) is 0 Å². The van der Waals surface area contributed by atoms with Gasteiger partial charge in [-0.05, 0) is 18.7 Å². The molecule has 1 atom stereocenters. The SMILES string of the molecule is CN[C@@H](Cc1ccccc1OC)C(=O)O. The Kier molecular flexibility index (Phi) is 4.12. The monoisotopic (exact) mass is 209 g/mol. The zero-order chi connectivity index (χ0) is 11.3. The summed E-state index contributed by atoms with van der Waals surface area (Å²) in [4.78, 5) is 10.8. The molecule has 0 aliphatic carbocycles. The predicted molar refractivity (Wildman–Crippen MR) is 57.2 cm³/mol. The number of hydrogen-bond acceptors (Lipinski definition) is 3. The van der Waals surface area contributed by atoms with E-state index in [4.69, 9.17) is 9.84 Å². The van der Waals surface area contributed by atoms with Gasteiger partial charge in [-0.2, -0.15) is 0 Å². The maximum Gasteiger partial charge on any atom is 0.321 e. The molecule has 82 valence electrons. The van der Waals surface area contributed by atoms with Crippen LogP contribution in [0.5, 0.6) is 5.75 Å². The number of ether oxygens (including phenoxy) is 1. The first kappa shape index (κ1) is 11.5. The highest BCUT2D eigenvalue weighted by molar-refractivity contribution is 5.74. The molecular weight excluding hydrogens is 194 g/mol. The van der Waals surface area contributed by atoms with Crippen LogP contribution in [0.2, 0.25) is 0 Å². The molecule has 0 aliphatic heterocycles. The number of nitrogens with one attached hydrogen (secondary N) is 1. The van der Waals surface area contributed by atoms with Crippen molar-refractivity contribution in [1.82, 2.24) is 5.32 Å². The smallest absolute Gasteiger partial charge is 0.321 e. The zero-order valence-corrected chi connectivity index (χ0v) is 8.86. The lowest BCUT2D eigenvalue weighted by Gasteiger charge is -2.13. The molecule has 0 saturated carbocycles. The van der Waals surface area contributed by atoms with E-state index in [-0.39, 0.29) is 0 Å². The van der Waals surface area contributed by atoms with Crippen molar-refractivity contribution in [3.8, 4) is 5.75 Å². The number of carbonyl (C=O) groups is 1. The van der Waals surface area contributed by atoms with E-state index in [1.165, 1.54) is 0 Å². The van der Waals surface area contributed by atoms with Gasteiger partial charge in [-0.15, -0.1) is 0 Å². The topological polar surface area (TPSA) is 58.6 Å². The number of aliphatic carboxylic acids is 1. The van der Waals surface area contributed by atoms with Gasteiger partial charge in [0.2, 0.25) is 0 Å². The summed E-state index contributed by atoms with van der Waals surface area (Å²) in [5.74, 6) is -0.137. The summed E-state index contributed by atoms with van der Waals surface area (Å²) >= 11 is 0. The third-order valence-corrected chi connectivity index (χ3v) is 2.26. The first-order chi connectivity index (χ1) is 7.19. The van der Waals surface area contributed by atoms with E-state index in [2.05, 4.69) is 5.32 Å². The molecular formula is C11H15NO3. The molecule has 0 bridgehead atoms. The highest BCUT2D eigenvalue weighted by Gasteiger charge is 2.16. The number of carboxylic acids is 1. The van der Waals surface area contributed by atoms with E-state index in [9.17, 15) is 4.79 Å². The van der Waals surface area contributed by atoms with E-state index in [1.54, 1.807) is 14.2 Å². The molecule has 1 rings (SSSR count). The number of methoxy groups -OCH3 is 1. The Hall–Kier alpha value is -1.55. The first-order valence-electron chi connectivity index (χ1n) is 4.71. The quantitative estimate of drug-likeness (QED) is 0.756. The van der Waals surface area contributed by atoms with Gasteiger partial charge in [-0.25, -0.2) is 0 Å². The Morgan fingerprint density at radius 3 is 2.73 bits per heavy atom. The summed E-state index contributed by atoms with van der Waals surface area (Å²) in [5.41, 5.74) is 0.891. The fourth-order valence-electron chi connectivity index (χ4n) is 1.40. The maximum atomic E-state index is 10.8. The Labute approximate surface area is 88.9 Å². The minimum atomic E-state index is -0.858. The van der Waals surface area contributed by atoms with Gasteiger partial charge < -0.3 is 15.2 Å². The van der Waals surface area contributed by atoms with Crippen LogP contribution in [0, 0.1) is 0 Å². The number of para-hydroxylation sites is 1. The van der Waals surface area contributed by atoms with Gasteiger partial charge in [0.25, 0.3) is 0 Å². The van der Waals surface area contributed by atoms with Crippen molar-refractivity contribution in [2.45, 2.75) is 12.5 Å². The molecule has 0 unspecified atom stereocenters. The molecule has 0 aromatic heterocycles. The number of carboxylic acid groups (broad SMARTS) is 1. The van der Waals surface area contributed by atoms with E-state index in [0.717, 1.165) is 11.3 Å². The van der Waals surface area contributed by atoms with Crippen molar-refractivity contribution in [3.63, 3.8) is 0 Å². The Balaban J connectivity index is 2.82. The first-order valence-corrected chi connectivity index (χ1v) is 4.71. The highest BCUT2D eigenvalue weighted by Crippen LogP contribution is 2.18. The van der Waals surface area contributed by atoms with Gasteiger partial charge in [-0.3, -0.25) is 4.79 Å². The zero-order valence-electron chi connectivity index (χ0n) is 8.86. The van der Waals surface area contributed by atoms with Crippen LogP contribution in [-0.4, -0.2) is 31.3 Å². The fraction of sp³-hybridized carbons (Fsp3) is 0.364. The molecule has 1 aromatic rings. The molecule has 0 amide bonds. The largest absolute Gasteiger partial charge is 0.496 e. The van der Waals surface area contributed by atoms with E-state index >= 15 is 0 Å². The predicted octanol–water partition coefficient (Wildman–Crippen LogP) is 0.910. The van der Waals surface area contributed by atoms with Crippen molar-refractivity contribution in [1.29, 1.82) is 0 Å². The molecule has 4 nitrogen and oxygen atoms in total. The van der Waals surface area contributed by atoms with E-state index in [0.29, 0.717) is 6.42 Å². The molecule has 0 fully saturated rings. The number of hydrogen-bond donors (Lipinski definition) is 2. The lowest BCUT2D eigenvalue weighted by atomic mass is 10.1. The Bertz CT molecular complexity index is 338. The highest BCUT2D eigenvalue weighted by atomic mass is 16.5. The van der Waals surface area contributed by atoms with Crippen molar-refractivity contribution in [3.05, 3.63) is 29.8 Å². The van der Waals surface area contributed by atoms with Crippen molar-refractivity contribution >= 4 is 5.97 Å². The van der Waals surface area contributed by atoms with Crippen molar-refractivity contribution in [2.24, 2.45) is 0 Å². The van der Waals surface area contributed by atoms with Gasteiger partial charge in [0.15, 0.2) is 0 Å². The normalized spacial score (nSPS) is 12.1. The van der Waals surface area contributed by atoms with Gasteiger partial charge >= 0.3 is 5.97 Å². The van der Waals surface area contributed by atoms with Crippen molar-refractivity contribution < 1.29 is 14.6 Å². The van der Waals surface area contributed by atoms with Crippen LogP contribution in [-0.2, 0) is 11.2 Å². The molecule has 15 heavy (non-hydrogen) atoms. The second kappa shape index (κ2) is 5.36. The number of rotatable bonds is 5. The van der Waals surface area contributed by atoms with Crippen LogP contribution >= 0.6 is 0 Å². The second-order valence-electron chi connectivity index (χ2n) is 3.20. The third-order valence-electron chi connectivity index (χ3n) is 2.26. The van der Waals surface area contributed by atoms with Gasteiger partial charge in [0, 0.05) is 6.42 Å². The fourth-order valence-corrected chi connectivity index (χ4v) is 1.40. The summed E-state index contributed by atoms with van der Waals surface area (Å²) in [6.07, 6.45) is 0.413. The van der Waals surface area contributed by atoms with Crippen LogP contribution in [0.4, 0.5) is 0 Å². The van der Waals surface area contributed by atoms with Crippen LogP contribution in [0.1, 0.15) is 5.56 Å². The van der Waals surface area contributed by atoms with Crippen molar-refractivity contribution in [2.75, 3.05) is 14.2 Å². The molecule has 4 heteroatoms. The molecule has 0 aliphatic rings. The molecule has 0 spiro atoms. The molecule has 2 N–H and O–H groups in total. The van der Waals surface area contributed by atoms with Gasteiger partial charge in [0.1, 0.15) is 11.8 Å². The van der Waals surface area contributed by atoms with Crippen LogP contribution in [0.15, 0.2) is 24.3 Å². The van der Waals surface area contributed by atoms with E-state index < -0.39 is 12.0 Å². The minimum absolute atomic E-state index is 0.413. The minimum Gasteiger partial charge on any atom is -0.496 e. The molecule has 0 radical (unpaired) electrons. The second-order valence-corrected chi connectivity index (χ2v) is 3.20. The lowest BCUT2D eigenvalue weighted by molar-refractivity contribution is -0.139. The lowest BCUT2D eigenvalue weighted by Crippen LogP contribution is -2.35.